The minimum Gasteiger partial charge on any atom is -0.396 e. The van der Waals surface area contributed by atoms with Crippen molar-refractivity contribution < 1.29 is 9.90 Å². The number of thioether (sulfide) groups is 1. The summed E-state index contributed by atoms with van der Waals surface area (Å²) >= 11 is 1.61. The molecule has 0 fully saturated rings. The first-order valence-electron chi connectivity index (χ1n) is 7.14. The van der Waals surface area contributed by atoms with Gasteiger partial charge in [0.1, 0.15) is 0 Å². The SMILES string of the molecule is CSC[C@@H](CCO)NC(=O)c1ccn(-c2cccc(C#N)c2)n1. The van der Waals surface area contributed by atoms with Gasteiger partial charge in [0.05, 0.1) is 17.3 Å². The van der Waals surface area contributed by atoms with Crippen molar-refractivity contribution in [2.75, 3.05) is 18.6 Å². The summed E-state index contributed by atoms with van der Waals surface area (Å²) in [7, 11) is 0. The normalized spacial score (nSPS) is 11.7. The fourth-order valence-corrected chi connectivity index (χ4v) is 2.77. The second-order valence-corrected chi connectivity index (χ2v) is 5.86. The second kappa shape index (κ2) is 8.36. The Morgan fingerprint density at radius 1 is 1.52 bits per heavy atom. The summed E-state index contributed by atoms with van der Waals surface area (Å²) < 4.78 is 1.56. The molecule has 1 aromatic carbocycles. The van der Waals surface area contributed by atoms with Gasteiger partial charge in [0.25, 0.3) is 5.91 Å². The van der Waals surface area contributed by atoms with Gasteiger partial charge in [-0.15, -0.1) is 0 Å². The second-order valence-electron chi connectivity index (χ2n) is 4.95. The van der Waals surface area contributed by atoms with Crippen LogP contribution in [-0.4, -0.2) is 45.5 Å². The van der Waals surface area contributed by atoms with Crippen LogP contribution in [0.5, 0.6) is 0 Å². The fourth-order valence-electron chi connectivity index (χ4n) is 2.12. The van der Waals surface area contributed by atoms with Crippen LogP contribution in [0.15, 0.2) is 36.5 Å². The van der Waals surface area contributed by atoms with Gasteiger partial charge in [0.15, 0.2) is 5.69 Å². The molecule has 0 saturated heterocycles. The maximum atomic E-state index is 12.2. The largest absolute Gasteiger partial charge is 0.396 e. The molecular formula is C16H18N4O2S. The molecule has 0 aliphatic rings. The Bertz CT molecular complexity index is 702. The number of aliphatic hydroxyl groups is 1. The predicted octanol–water partition coefficient (Wildman–Crippen LogP) is 1.59. The lowest BCUT2D eigenvalue weighted by Crippen LogP contribution is -2.37. The summed E-state index contributed by atoms with van der Waals surface area (Å²) in [5.41, 5.74) is 1.56. The van der Waals surface area contributed by atoms with E-state index in [9.17, 15) is 4.79 Å². The summed E-state index contributed by atoms with van der Waals surface area (Å²) in [6, 6.07) is 10.6. The lowest BCUT2D eigenvalue weighted by molar-refractivity contribution is 0.0930. The molecule has 7 heteroatoms. The molecule has 2 aromatic rings. The zero-order chi connectivity index (χ0) is 16.7. The Labute approximate surface area is 139 Å². The maximum Gasteiger partial charge on any atom is 0.272 e. The molecule has 0 radical (unpaired) electrons. The summed E-state index contributed by atoms with van der Waals surface area (Å²) in [6.07, 6.45) is 4.14. The highest BCUT2D eigenvalue weighted by molar-refractivity contribution is 7.98. The molecule has 1 atom stereocenters. The van der Waals surface area contributed by atoms with Gasteiger partial charge in [-0.1, -0.05) is 6.07 Å². The maximum absolute atomic E-state index is 12.2. The Kier molecular flexibility index (Phi) is 6.20. The Morgan fingerprint density at radius 2 is 2.35 bits per heavy atom. The van der Waals surface area contributed by atoms with Crippen molar-refractivity contribution in [3.8, 4) is 11.8 Å². The molecule has 2 rings (SSSR count). The quantitative estimate of drug-likeness (QED) is 0.804. The minimum atomic E-state index is -0.271. The van der Waals surface area contributed by atoms with Gasteiger partial charge in [0.2, 0.25) is 0 Å². The van der Waals surface area contributed by atoms with E-state index in [1.54, 1.807) is 46.9 Å². The number of aromatic nitrogens is 2. The van der Waals surface area contributed by atoms with Crippen LogP contribution in [0.25, 0.3) is 5.69 Å². The zero-order valence-corrected chi connectivity index (χ0v) is 13.6. The average Bonchev–Trinajstić information content (AvgIpc) is 3.05. The molecule has 6 nitrogen and oxygen atoms in total. The standard InChI is InChI=1S/C16H18N4O2S/c1-23-11-13(6-8-21)18-16(22)15-5-7-20(19-15)14-4-2-3-12(9-14)10-17/h2-5,7,9,13,21H,6,8,11H2,1H3,(H,18,22)/t13-/m1/s1. The topological polar surface area (TPSA) is 90.9 Å². The van der Waals surface area contributed by atoms with Crippen molar-refractivity contribution in [1.82, 2.24) is 15.1 Å². The third-order valence-electron chi connectivity index (χ3n) is 3.24. The molecule has 1 aromatic heterocycles. The van der Waals surface area contributed by atoms with Gasteiger partial charge in [-0.2, -0.15) is 22.1 Å². The molecule has 0 saturated carbocycles. The van der Waals surface area contributed by atoms with E-state index >= 15 is 0 Å². The van der Waals surface area contributed by atoms with Crippen LogP contribution in [-0.2, 0) is 0 Å². The number of nitrogens with one attached hydrogen (secondary N) is 1. The smallest absolute Gasteiger partial charge is 0.272 e. The molecule has 0 aliphatic carbocycles. The average molecular weight is 330 g/mol. The fraction of sp³-hybridized carbons (Fsp3) is 0.312. The summed E-state index contributed by atoms with van der Waals surface area (Å²) in [5, 5.41) is 25.1. The van der Waals surface area contributed by atoms with E-state index in [0.717, 1.165) is 11.4 Å². The van der Waals surface area contributed by atoms with Gasteiger partial charge in [-0.25, -0.2) is 4.68 Å². The Hall–Kier alpha value is -2.30. The predicted molar refractivity (Wildman–Crippen MR) is 89.6 cm³/mol. The van der Waals surface area contributed by atoms with E-state index in [-0.39, 0.29) is 18.6 Å². The molecule has 0 bridgehead atoms. The van der Waals surface area contributed by atoms with Gasteiger partial charge in [0, 0.05) is 24.6 Å². The number of carbonyl (C=O) groups excluding carboxylic acids is 1. The van der Waals surface area contributed by atoms with Gasteiger partial charge >= 0.3 is 0 Å². The first kappa shape index (κ1) is 17.1. The van der Waals surface area contributed by atoms with Gasteiger partial charge in [-0.05, 0) is 36.9 Å². The monoisotopic (exact) mass is 330 g/mol. The number of hydrogen-bond donors (Lipinski definition) is 2. The third kappa shape index (κ3) is 4.58. The molecule has 2 N–H and O–H groups in total. The number of amides is 1. The summed E-state index contributed by atoms with van der Waals surface area (Å²) in [5.74, 6) is 0.463. The molecule has 1 heterocycles. The van der Waals surface area contributed by atoms with Crippen molar-refractivity contribution in [3.05, 3.63) is 47.8 Å². The number of hydrogen-bond acceptors (Lipinski definition) is 5. The van der Waals surface area contributed by atoms with Gasteiger partial charge < -0.3 is 10.4 Å². The van der Waals surface area contributed by atoms with Crippen LogP contribution >= 0.6 is 11.8 Å². The summed E-state index contributed by atoms with van der Waals surface area (Å²) in [6.45, 7) is 0.0287. The molecule has 0 spiro atoms. The van der Waals surface area contributed by atoms with E-state index in [1.807, 2.05) is 12.3 Å². The minimum absolute atomic E-state index is 0.0287. The van der Waals surface area contributed by atoms with E-state index < -0.39 is 0 Å². The lowest BCUT2D eigenvalue weighted by Gasteiger charge is -2.15. The van der Waals surface area contributed by atoms with Gasteiger partial charge in [-0.3, -0.25) is 4.79 Å². The Balaban J connectivity index is 2.11. The number of benzene rings is 1. The molecule has 0 aliphatic heterocycles. The highest BCUT2D eigenvalue weighted by Gasteiger charge is 2.15. The zero-order valence-electron chi connectivity index (χ0n) is 12.8. The number of nitrogens with zero attached hydrogens (tertiary/aromatic N) is 3. The van der Waals surface area contributed by atoms with Crippen LogP contribution in [0.2, 0.25) is 0 Å². The molecule has 120 valence electrons. The van der Waals surface area contributed by atoms with E-state index in [2.05, 4.69) is 16.5 Å². The molecule has 23 heavy (non-hydrogen) atoms. The number of nitriles is 1. The molecular weight excluding hydrogens is 312 g/mol. The van der Waals surface area contributed by atoms with Crippen LogP contribution < -0.4 is 5.32 Å². The van der Waals surface area contributed by atoms with Crippen LogP contribution in [0.4, 0.5) is 0 Å². The van der Waals surface area contributed by atoms with Crippen molar-refractivity contribution >= 4 is 17.7 Å². The Morgan fingerprint density at radius 3 is 3.04 bits per heavy atom. The van der Waals surface area contributed by atoms with Crippen LogP contribution in [0.1, 0.15) is 22.5 Å². The first-order chi connectivity index (χ1) is 11.2. The van der Waals surface area contributed by atoms with E-state index in [4.69, 9.17) is 10.4 Å². The number of carbonyl (C=O) groups is 1. The van der Waals surface area contributed by atoms with Crippen molar-refractivity contribution in [1.29, 1.82) is 5.26 Å². The van der Waals surface area contributed by atoms with Crippen LogP contribution in [0.3, 0.4) is 0 Å². The number of rotatable bonds is 7. The van der Waals surface area contributed by atoms with Crippen molar-refractivity contribution in [2.24, 2.45) is 0 Å². The highest BCUT2D eigenvalue weighted by Crippen LogP contribution is 2.10. The number of aliphatic hydroxyl groups excluding tert-OH is 1. The molecule has 0 unspecified atom stereocenters. The van der Waals surface area contributed by atoms with Crippen molar-refractivity contribution in [2.45, 2.75) is 12.5 Å². The summed E-state index contributed by atoms with van der Waals surface area (Å²) in [4.78, 5) is 12.2. The van der Waals surface area contributed by atoms with E-state index in [1.165, 1.54) is 0 Å². The first-order valence-corrected chi connectivity index (χ1v) is 8.54. The van der Waals surface area contributed by atoms with Crippen LogP contribution in [0, 0.1) is 11.3 Å². The van der Waals surface area contributed by atoms with Crippen molar-refractivity contribution in [3.63, 3.8) is 0 Å². The highest BCUT2D eigenvalue weighted by atomic mass is 32.2. The van der Waals surface area contributed by atoms with E-state index in [0.29, 0.717) is 17.7 Å². The third-order valence-corrected chi connectivity index (χ3v) is 3.98. The molecule has 1 amide bonds. The lowest BCUT2D eigenvalue weighted by atomic mass is 10.2.